The molecular formula is C21H25BrN6O2S. The van der Waals surface area contributed by atoms with E-state index in [0.29, 0.717) is 17.3 Å². The van der Waals surface area contributed by atoms with Crippen molar-refractivity contribution in [2.75, 3.05) is 12.5 Å². The van der Waals surface area contributed by atoms with E-state index in [9.17, 15) is 0 Å². The van der Waals surface area contributed by atoms with Gasteiger partial charge in [0.05, 0.1) is 0 Å². The molecule has 1 aromatic carbocycles. The van der Waals surface area contributed by atoms with E-state index in [0.717, 1.165) is 44.6 Å². The van der Waals surface area contributed by atoms with E-state index in [1.165, 1.54) is 50.2 Å². The van der Waals surface area contributed by atoms with Gasteiger partial charge in [-0.15, -0.1) is 0 Å². The number of rotatable bonds is 6. The molecule has 0 bridgehead atoms. The highest BCUT2D eigenvalue weighted by Gasteiger charge is 2.23. The van der Waals surface area contributed by atoms with E-state index in [-0.39, 0.29) is 12.8 Å². The first-order chi connectivity index (χ1) is 15.1. The minimum Gasteiger partial charge on any atom is -0.454 e. The number of nitrogens with zero attached hydrogens (tertiary/aromatic N) is 4. The van der Waals surface area contributed by atoms with Crippen LogP contribution in [-0.2, 0) is 6.54 Å². The Balaban J connectivity index is 1.44. The quantitative estimate of drug-likeness (QED) is 0.509. The molecule has 10 heteroatoms. The Morgan fingerprint density at radius 1 is 1.16 bits per heavy atom. The van der Waals surface area contributed by atoms with Gasteiger partial charge in [0.1, 0.15) is 6.33 Å². The maximum atomic E-state index is 6.59. The maximum Gasteiger partial charge on any atom is 0.231 e. The zero-order valence-electron chi connectivity index (χ0n) is 17.1. The van der Waals surface area contributed by atoms with Gasteiger partial charge in [0.25, 0.3) is 0 Å². The lowest BCUT2D eigenvalue weighted by Crippen LogP contribution is -2.32. The first-order valence-corrected chi connectivity index (χ1v) is 12.2. The maximum absolute atomic E-state index is 6.59. The predicted molar refractivity (Wildman–Crippen MR) is 123 cm³/mol. The van der Waals surface area contributed by atoms with E-state index in [1.54, 1.807) is 0 Å². The molecule has 1 atom stereocenters. The Labute approximate surface area is 193 Å². The normalized spacial score (nSPS) is 17.4. The summed E-state index contributed by atoms with van der Waals surface area (Å²) < 4.78 is 14.0. The van der Waals surface area contributed by atoms with Crippen molar-refractivity contribution in [2.45, 2.75) is 61.2 Å². The highest BCUT2D eigenvalue weighted by atomic mass is 79.9. The molecule has 1 aliphatic heterocycles. The Bertz CT molecular complexity index is 1100. The van der Waals surface area contributed by atoms with Crippen molar-refractivity contribution in [3.63, 3.8) is 0 Å². The van der Waals surface area contributed by atoms with E-state index < -0.39 is 0 Å². The molecule has 1 fully saturated rings. The van der Waals surface area contributed by atoms with Crippen LogP contribution in [0.2, 0.25) is 0 Å². The van der Waals surface area contributed by atoms with Crippen LogP contribution in [0.5, 0.6) is 11.5 Å². The lowest BCUT2D eigenvalue weighted by Gasteiger charge is -2.27. The van der Waals surface area contributed by atoms with Crippen LogP contribution in [0.3, 0.4) is 0 Å². The summed E-state index contributed by atoms with van der Waals surface area (Å²) in [5, 5.41) is 0.803. The first-order valence-electron chi connectivity index (χ1n) is 10.6. The Morgan fingerprint density at radius 3 is 2.74 bits per heavy atom. The average molecular weight is 505 g/mol. The first kappa shape index (κ1) is 20.8. The number of imidazole rings is 1. The highest BCUT2D eigenvalue weighted by molar-refractivity contribution is 9.10. The van der Waals surface area contributed by atoms with Crippen LogP contribution >= 0.6 is 27.7 Å². The summed E-state index contributed by atoms with van der Waals surface area (Å²) >= 11 is 5.17. The molecule has 1 aliphatic carbocycles. The van der Waals surface area contributed by atoms with Gasteiger partial charge in [-0.2, -0.15) is 0 Å². The summed E-state index contributed by atoms with van der Waals surface area (Å²) in [4.78, 5) is 14.3. The predicted octanol–water partition coefficient (Wildman–Crippen LogP) is 4.35. The van der Waals surface area contributed by atoms with Crippen LogP contribution in [-0.4, -0.2) is 32.4 Å². The van der Waals surface area contributed by atoms with Gasteiger partial charge in [-0.1, -0.05) is 31.0 Å². The molecule has 8 nitrogen and oxygen atoms in total. The number of ether oxygens (including phenoxy) is 2. The SMILES string of the molecule is Nc1ncnc2c1nc(Sc1cc3c(cc1Br)OCO3)n2CCC(N)C1CCCCC1. The van der Waals surface area contributed by atoms with Gasteiger partial charge in [-0.05, 0) is 53.2 Å². The third kappa shape index (κ3) is 4.20. The number of aromatic nitrogens is 4. The second kappa shape index (κ2) is 8.84. The van der Waals surface area contributed by atoms with E-state index in [4.69, 9.17) is 25.9 Å². The Hall–Kier alpha value is -2.04. The molecule has 3 aromatic rings. The molecular weight excluding hydrogens is 480 g/mol. The van der Waals surface area contributed by atoms with Crippen molar-refractivity contribution in [1.29, 1.82) is 0 Å². The standard InChI is InChI=1S/C21H25BrN6O2S/c22-13-8-15-16(30-11-29-15)9-17(13)31-21-27-18-19(24)25-10-26-20(18)28(21)7-6-14(23)12-4-2-1-3-5-12/h8-10,12,14H,1-7,11,23H2,(H2,24,25,26). The second-order valence-corrected chi connectivity index (χ2v) is 9.93. The molecule has 0 radical (unpaired) electrons. The monoisotopic (exact) mass is 504 g/mol. The van der Waals surface area contributed by atoms with Gasteiger partial charge in [-0.3, -0.25) is 0 Å². The van der Waals surface area contributed by atoms with Crippen LogP contribution in [0.1, 0.15) is 38.5 Å². The van der Waals surface area contributed by atoms with E-state index in [2.05, 4.69) is 30.5 Å². The zero-order chi connectivity index (χ0) is 21.4. The number of anilines is 1. The van der Waals surface area contributed by atoms with Gasteiger partial charge in [-0.25, -0.2) is 15.0 Å². The van der Waals surface area contributed by atoms with Gasteiger partial charge in [0.2, 0.25) is 6.79 Å². The molecule has 0 amide bonds. The lowest BCUT2D eigenvalue weighted by atomic mass is 9.83. The summed E-state index contributed by atoms with van der Waals surface area (Å²) in [5.41, 5.74) is 14.1. The molecule has 2 aromatic heterocycles. The molecule has 1 unspecified atom stereocenters. The lowest BCUT2D eigenvalue weighted by molar-refractivity contribution is 0.174. The van der Waals surface area contributed by atoms with Crippen molar-refractivity contribution in [1.82, 2.24) is 19.5 Å². The number of hydrogen-bond donors (Lipinski definition) is 2. The molecule has 2 aliphatic rings. The number of hydrogen-bond acceptors (Lipinski definition) is 8. The second-order valence-electron chi connectivity index (χ2n) is 8.07. The molecule has 31 heavy (non-hydrogen) atoms. The summed E-state index contributed by atoms with van der Waals surface area (Å²) in [5.74, 6) is 2.44. The number of fused-ring (bicyclic) bond motifs is 2. The average Bonchev–Trinajstić information content (AvgIpc) is 3.37. The number of aryl methyl sites for hydroxylation is 1. The topological polar surface area (TPSA) is 114 Å². The summed E-state index contributed by atoms with van der Waals surface area (Å²) in [6.07, 6.45) is 8.72. The minimum absolute atomic E-state index is 0.173. The summed E-state index contributed by atoms with van der Waals surface area (Å²) in [7, 11) is 0. The third-order valence-electron chi connectivity index (χ3n) is 6.09. The Morgan fingerprint density at radius 2 is 1.94 bits per heavy atom. The minimum atomic E-state index is 0.173. The van der Waals surface area contributed by atoms with Gasteiger partial charge < -0.3 is 25.5 Å². The summed E-state index contributed by atoms with van der Waals surface area (Å²) in [6, 6.07) is 4.06. The zero-order valence-corrected chi connectivity index (χ0v) is 19.5. The van der Waals surface area contributed by atoms with Crippen molar-refractivity contribution in [3.8, 4) is 11.5 Å². The molecule has 164 valence electrons. The molecule has 3 heterocycles. The number of nitrogen functional groups attached to an aromatic ring is 1. The fraction of sp³-hybridized carbons (Fsp3) is 0.476. The van der Waals surface area contributed by atoms with Crippen LogP contribution in [0.15, 0.2) is 33.0 Å². The molecule has 4 N–H and O–H groups in total. The fourth-order valence-corrected chi connectivity index (χ4v) is 5.87. The van der Waals surface area contributed by atoms with Crippen molar-refractivity contribution in [3.05, 3.63) is 22.9 Å². The van der Waals surface area contributed by atoms with E-state index in [1.807, 2.05) is 12.1 Å². The highest BCUT2D eigenvalue weighted by Crippen LogP contribution is 2.43. The summed E-state index contributed by atoms with van der Waals surface area (Å²) in [6.45, 7) is 0.967. The molecule has 0 spiro atoms. The van der Waals surface area contributed by atoms with Crippen LogP contribution in [0.25, 0.3) is 11.2 Å². The van der Waals surface area contributed by atoms with Crippen LogP contribution in [0, 0.1) is 5.92 Å². The Kier molecular flexibility index (Phi) is 5.94. The van der Waals surface area contributed by atoms with Gasteiger partial charge >= 0.3 is 0 Å². The molecule has 0 saturated heterocycles. The largest absolute Gasteiger partial charge is 0.454 e. The van der Waals surface area contributed by atoms with Crippen LogP contribution < -0.4 is 20.9 Å². The third-order valence-corrected chi connectivity index (χ3v) is 8.07. The van der Waals surface area contributed by atoms with Crippen LogP contribution in [0.4, 0.5) is 5.82 Å². The van der Waals surface area contributed by atoms with Gasteiger partial charge in [0, 0.05) is 22.0 Å². The number of benzene rings is 1. The van der Waals surface area contributed by atoms with Gasteiger partial charge in [0.15, 0.2) is 33.6 Å². The number of nitrogens with two attached hydrogens (primary N) is 2. The van der Waals surface area contributed by atoms with E-state index >= 15 is 0 Å². The smallest absolute Gasteiger partial charge is 0.231 e. The van der Waals surface area contributed by atoms with Crippen molar-refractivity contribution < 1.29 is 9.47 Å². The van der Waals surface area contributed by atoms with Crippen molar-refractivity contribution >= 4 is 44.7 Å². The fourth-order valence-electron chi connectivity index (χ4n) is 4.36. The number of halogens is 1. The molecule has 5 rings (SSSR count). The molecule has 1 saturated carbocycles. The van der Waals surface area contributed by atoms with Crippen molar-refractivity contribution in [2.24, 2.45) is 11.7 Å².